The highest BCUT2D eigenvalue weighted by atomic mass is 19.1. The average molecular weight is 654 g/mol. The number of ether oxygens (including phenoxy) is 1. The summed E-state index contributed by atoms with van der Waals surface area (Å²) in [5.74, 6) is -0.396. The van der Waals surface area contributed by atoms with Crippen molar-refractivity contribution in [1.29, 1.82) is 0 Å². The van der Waals surface area contributed by atoms with Gasteiger partial charge in [-0.25, -0.2) is 13.2 Å². The maximum Gasteiger partial charge on any atom is 0.319 e. The van der Waals surface area contributed by atoms with Crippen molar-refractivity contribution in [3.05, 3.63) is 83.6 Å². The second kappa shape index (κ2) is 12.2. The molecule has 3 aromatic carbocycles. The van der Waals surface area contributed by atoms with Crippen LogP contribution in [0.15, 0.2) is 60.8 Å². The third kappa shape index (κ3) is 5.30. The Hall–Kier alpha value is -4.44. The zero-order valence-corrected chi connectivity index (χ0v) is 26.9. The van der Waals surface area contributed by atoms with Crippen LogP contribution in [0.4, 0.5) is 19.0 Å². The summed E-state index contributed by atoms with van der Waals surface area (Å²) in [6.45, 7) is 4.66. The molecular formula is C38H38F3N5O2. The van der Waals surface area contributed by atoms with E-state index in [9.17, 15) is 9.50 Å². The summed E-state index contributed by atoms with van der Waals surface area (Å²) in [6, 6.07) is 16.3. The van der Waals surface area contributed by atoms with Gasteiger partial charge in [0.2, 0.25) is 0 Å². The minimum absolute atomic E-state index is 0.0278. The van der Waals surface area contributed by atoms with Gasteiger partial charge in [-0.3, -0.25) is 9.88 Å². The van der Waals surface area contributed by atoms with E-state index < -0.39 is 23.3 Å². The summed E-state index contributed by atoms with van der Waals surface area (Å²) in [4.78, 5) is 18.4. The summed E-state index contributed by atoms with van der Waals surface area (Å²) in [5, 5.41) is 12.1. The van der Waals surface area contributed by atoms with Crippen molar-refractivity contribution in [2.75, 3.05) is 37.7 Å². The Kier molecular flexibility index (Phi) is 7.86. The highest BCUT2D eigenvalue weighted by molar-refractivity contribution is 6.01. The molecule has 1 N–H and O–H groups in total. The number of phenolic OH excluding ortho intramolecular Hbond substituents is 1. The zero-order chi connectivity index (χ0) is 33.0. The number of rotatable bonds is 7. The first-order valence-electron chi connectivity index (χ1n) is 17.0. The molecule has 3 fully saturated rings. The number of piperidine rings is 1. The summed E-state index contributed by atoms with van der Waals surface area (Å²) in [5.41, 5.74) is 1.50. The van der Waals surface area contributed by atoms with Crippen molar-refractivity contribution in [3.8, 4) is 23.0 Å². The maximum atomic E-state index is 17.0. The predicted molar refractivity (Wildman–Crippen MR) is 180 cm³/mol. The fraction of sp³-hybridized carbons (Fsp3) is 0.395. The summed E-state index contributed by atoms with van der Waals surface area (Å²) in [7, 11) is 0. The van der Waals surface area contributed by atoms with Gasteiger partial charge < -0.3 is 14.7 Å². The van der Waals surface area contributed by atoms with E-state index in [4.69, 9.17) is 9.72 Å². The van der Waals surface area contributed by atoms with Gasteiger partial charge in [-0.2, -0.15) is 9.97 Å². The Morgan fingerprint density at radius 2 is 1.88 bits per heavy atom. The second-order valence-electron chi connectivity index (χ2n) is 13.5. The van der Waals surface area contributed by atoms with Crippen LogP contribution in [0, 0.1) is 11.6 Å². The number of aromatic hydroxyl groups is 1. The number of anilines is 1. The van der Waals surface area contributed by atoms with Crippen molar-refractivity contribution in [2.24, 2.45) is 0 Å². The number of hydrogen-bond acceptors (Lipinski definition) is 7. The molecule has 0 aliphatic carbocycles. The van der Waals surface area contributed by atoms with Gasteiger partial charge in [0.15, 0.2) is 5.82 Å². The number of benzene rings is 3. The van der Waals surface area contributed by atoms with Crippen molar-refractivity contribution < 1.29 is 23.0 Å². The van der Waals surface area contributed by atoms with E-state index in [1.165, 1.54) is 17.7 Å². The fourth-order valence-electron chi connectivity index (χ4n) is 8.36. The number of halogens is 3. The number of pyridine rings is 1. The van der Waals surface area contributed by atoms with Crippen LogP contribution < -0.4 is 9.64 Å². The van der Waals surface area contributed by atoms with Gasteiger partial charge >= 0.3 is 6.01 Å². The lowest BCUT2D eigenvalue weighted by molar-refractivity contribution is 0.107. The molecule has 0 bridgehead atoms. The number of nitrogens with zero attached hydrogens (tertiary/aromatic N) is 5. The van der Waals surface area contributed by atoms with E-state index in [1.807, 2.05) is 25.1 Å². The van der Waals surface area contributed by atoms with E-state index >= 15 is 8.78 Å². The molecule has 10 heteroatoms. The van der Waals surface area contributed by atoms with Crippen LogP contribution in [0.2, 0.25) is 0 Å². The fourth-order valence-corrected chi connectivity index (χ4v) is 8.36. The number of aromatic nitrogens is 3. The molecule has 2 aromatic heterocycles. The average Bonchev–Trinajstić information content (AvgIpc) is 3.63. The second-order valence-corrected chi connectivity index (χ2v) is 13.5. The van der Waals surface area contributed by atoms with Gasteiger partial charge in [0.05, 0.1) is 10.9 Å². The lowest BCUT2D eigenvalue weighted by atomic mass is 9.90. The van der Waals surface area contributed by atoms with Gasteiger partial charge in [0.1, 0.15) is 41.4 Å². The SMILES string of the molecule is CCc1c(F)ccc2cc(O)cc(-c3ncc4c(N5CCCC(c6ccccc6)C5)nc(OCC56CCCN5C[C@H](F)C6)nc4c3F)c12. The van der Waals surface area contributed by atoms with Gasteiger partial charge in [0.25, 0.3) is 0 Å². The molecular weight excluding hydrogens is 615 g/mol. The number of alkyl halides is 1. The van der Waals surface area contributed by atoms with Crippen LogP contribution in [-0.4, -0.2) is 69.5 Å². The lowest BCUT2D eigenvalue weighted by Crippen LogP contribution is -2.43. The molecule has 8 rings (SSSR count). The molecule has 48 heavy (non-hydrogen) atoms. The van der Waals surface area contributed by atoms with E-state index in [2.05, 4.69) is 31.9 Å². The minimum Gasteiger partial charge on any atom is -0.508 e. The quantitative estimate of drug-likeness (QED) is 0.193. The van der Waals surface area contributed by atoms with Crippen LogP contribution in [0.3, 0.4) is 0 Å². The molecule has 3 atom stereocenters. The van der Waals surface area contributed by atoms with Crippen molar-refractivity contribution in [3.63, 3.8) is 0 Å². The monoisotopic (exact) mass is 653 g/mol. The first-order valence-corrected chi connectivity index (χ1v) is 17.0. The lowest BCUT2D eigenvalue weighted by Gasteiger charge is -2.35. The summed E-state index contributed by atoms with van der Waals surface area (Å²) < 4.78 is 52.8. The number of hydrogen-bond donors (Lipinski definition) is 1. The Morgan fingerprint density at radius 3 is 2.71 bits per heavy atom. The van der Waals surface area contributed by atoms with Crippen molar-refractivity contribution in [2.45, 2.75) is 63.1 Å². The molecule has 248 valence electrons. The molecule has 0 radical (unpaired) electrons. The Bertz CT molecular complexity index is 2010. The molecule has 2 unspecified atom stereocenters. The van der Waals surface area contributed by atoms with Crippen LogP contribution in [0.5, 0.6) is 11.8 Å². The topological polar surface area (TPSA) is 74.6 Å². The normalized spacial score (nSPS) is 22.9. The third-order valence-corrected chi connectivity index (χ3v) is 10.6. The Labute approximate surface area is 277 Å². The highest BCUT2D eigenvalue weighted by Crippen LogP contribution is 2.42. The molecule has 5 heterocycles. The predicted octanol–water partition coefficient (Wildman–Crippen LogP) is 7.73. The molecule has 3 aliphatic heterocycles. The van der Waals surface area contributed by atoms with Crippen LogP contribution in [0.1, 0.15) is 56.1 Å². The van der Waals surface area contributed by atoms with E-state index in [0.717, 1.165) is 38.8 Å². The number of aryl methyl sites for hydroxylation is 1. The smallest absolute Gasteiger partial charge is 0.319 e. The molecule has 3 aliphatic rings. The van der Waals surface area contributed by atoms with E-state index in [-0.39, 0.29) is 41.1 Å². The van der Waals surface area contributed by atoms with E-state index in [1.54, 1.807) is 18.3 Å². The number of phenols is 1. The molecule has 3 saturated heterocycles. The van der Waals surface area contributed by atoms with Gasteiger partial charge in [-0.1, -0.05) is 43.3 Å². The standard InChI is InChI=1S/C38H38F3N5O2/c1-2-28-31(40)12-11-24-16-27(47)17-29(32(24)28)34-33(41)35-30(19-42-34)36(45-14-6-10-25(20-45)23-8-4-3-5-9-23)44-37(43-35)48-22-38-13-7-15-46(38)21-26(39)18-38/h3-5,8-9,11-12,16-17,19,25-26,47H,2,6-7,10,13-15,18,20-22H2,1H3/t25?,26-,38?/m1/s1. The van der Waals surface area contributed by atoms with Gasteiger partial charge in [0, 0.05) is 43.7 Å². The van der Waals surface area contributed by atoms with Crippen molar-refractivity contribution >= 4 is 27.5 Å². The number of fused-ring (bicyclic) bond motifs is 3. The van der Waals surface area contributed by atoms with E-state index in [0.29, 0.717) is 53.5 Å². The van der Waals surface area contributed by atoms with Crippen LogP contribution in [0.25, 0.3) is 32.9 Å². The molecule has 7 nitrogen and oxygen atoms in total. The largest absolute Gasteiger partial charge is 0.508 e. The zero-order valence-electron chi connectivity index (χ0n) is 26.9. The minimum atomic E-state index is -0.911. The molecule has 0 spiro atoms. The van der Waals surface area contributed by atoms with Crippen LogP contribution >= 0.6 is 0 Å². The first kappa shape index (κ1) is 30.9. The summed E-state index contributed by atoms with van der Waals surface area (Å²) in [6.07, 6.45) is 5.16. The molecule has 5 aromatic rings. The Morgan fingerprint density at radius 1 is 1.02 bits per heavy atom. The van der Waals surface area contributed by atoms with Crippen LogP contribution in [-0.2, 0) is 6.42 Å². The first-order chi connectivity index (χ1) is 23.3. The highest BCUT2D eigenvalue weighted by Gasteiger charge is 2.49. The Balaban J connectivity index is 1.26. The van der Waals surface area contributed by atoms with Gasteiger partial charge in [-0.05, 0) is 78.7 Å². The van der Waals surface area contributed by atoms with Crippen molar-refractivity contribution in [1.82, 2.24) is 19.9 Å². The third-order valence-electron chi connectivity index (χ3n) is 10.6. The molecule has 0 amide bonds. The molecule has 0 saturated carbocycles. The maximum absolute atomic E-state index is 17.0. The summed E-state index contributed by atoms with van der Waals surface area (Å²) >= 11 is 0. The van der Waals surface area contributed by atoms with Gasteiger partial charge in [-0.15, -0.1) is 0 Å².